The van der Waals surface area contributed by atoms with Gasteiger partial charge in [0.1, 0.15) is 0 Å². The molecule has 2 unspecified atom stereocenters. The second kappa shape index (κ2) is 6.84. The number of hydrogen-bond donors (Lipinski definition) is 1. The summed E-state index contributed by atoms with van der Waals surface area (Å²) in [5, 5.41) is 3.64. The van der Waals surface area contributed by atoms with E-state index in [1.54, 1.807) is 0 Å². The predicted octanol–water partition coefficient (Wildman–Crippen LogP) is 1.05. The van der Waals surface area contributed by atoms with Crippen LogP contribution in [0, 0.1) is 5.92 Å². The number of rotatable bonds is 5. The zero-order valence-corrected chi connectivity index (χ0v) is 11.1. The van der Waals surface area contributed by atoms with Crippen molar-refractivity contribution < 1.29 is 4.74 Å². The summed E-state index contributed by atoms with van der Waals surface area (Å²) in [6, 6.07) is 0.613. The zero-order valence-electron chi connectivity index (χ0n) is 10.3. The van der Waals surface area contributed by atoms with Crippen LogP contribution in [0.1, 0.15) is 13.3 Å². The smallest absolute Gasteiger partial charge is 0.0509 e. The fraction of sp³-hybridized carbons (Fsp3) is 1.00. The quantitative estimate of drug-likeness (QED) is 0.781. The second-order valence-corrected chi connectivity index (χ2v) is 6.05. The maximum atomic E-state index is 5.42. The van der Waals surface area contributed by atoms with Crippen LogP contribution in [-0.4, -0.2) is 61.8 Å². The molecular weight excluding hydrogens is 220 g/mol. The third kappa shape index (κ3) is 3.91. The summed E-state index contributed by atoms with van der Waals surface area (Å²) in [6.45, 7) is 9.08. The first kappa shape index (κ1) is 12.7. The zero-order chi connectivity index (χ0) is 11.2. The molecule has 0 spiro atoms. The Kier molecular flexibility index (Phi) is 5.42. The molecule has 2 fully saturated rings. The van der Waals surface area contributed by atoms with Crippen LogP contribution in [0.25, 0.3) is 0 Å². The van der Waals surface area contributed by atoms with E-state index in [9.17, 15) is 0 Å². The highest BCUT2D eigenvalue weighted by molar-refractivity contribution is 7.99. The standard InChI is InChI=1S/C12H24N2OS/c1-11(12-2-7-15-10-12)13-3-4-14-5-8-16-9-6-14/h11-13H,2-10H2,1H3. The highest BCUT2D eigenvalue weighted by atomic mass is 32.2. The van der Waals surface area contributed by atoms with Crippen molar-refractivity contribution in [3.63, 3.8) is 0 Å². The van der Waals surface area contributed by atoms with Crippen LogP contribution in [0.15, 0.2) is 0 Å². The van der Waals surface area contributed by atoms with Gasteiger partial charge in [0.15, 0.2) is 0 Å². The molecule has 0 saturated carbocycles. The van der Waals surface area contributed by atoms with Gasteiger partial charge in [-0.25, -0.2) is 0 Å². The van der Waals surface area contributed by atoms with Crippen LogP contribution in [-0.2, 0) is 4.74 Å². The van der Waals surface area contributed by atoms with Gasteiger partial charge in [0.2, 0.25) is 0 Å². The minimum absolute atomic E-state index is 0.613. The SMILES string of the molecule is CC(NCCN1CCSCC1)C1CCOC1. The van der Waals surface area contributed by atoms with Gasteiger partial charge >= 0.3 is 0 Å². The summed E-state index contributed by atoms with van der Waals surface area (Å²) in [6.07, 6.45) is 1.23. The monoisotopic (exact) mass is 244 g/mol. The molecule has 2 rings (SSSR count). The Hall–Kier alpha value is 0.230. The van der Waals surface area contributed by atoms with Crippen molar-refractivity contribution in [3.8, 4) is 0 Å². The van der Waals surface area contributed by atoms with Gasteiger partial charge in [-0.2, -0.15) is 11.8 Å². The molecule has 0 radical (unpaired) electrons. The van der Waals surface area contributed by atoms with E-state index < -0.39 is 0 Å². The molecule has 0 aromatic rings. The number of nitrogens with one attached hydrogen (secondary N) is 1. The van der Waals surface area contributed by atoms with Crippen LogP contribution >= 0.6 is 11.8 Å². The molecule has 2 aliphatic heterocycles. The normalized spacial score (nSPS) is 29.4. The summed E-state index contributed by atoms with van der Waals surface area (Å²) in [5.41, 5.74) is 0. The van der Waals surface area contributed by atoms with Gasteiger partial charge in [-0.1, -0.05) is 0 Å². The first-order valence-corrected chi connectivity index (χ1v) is 7.63. The van der Waals surface area contributed by atoms with E-state index in [0.717, 1.165) is 25.7 Å². The van der Waals surface area contributed by atoms with Gasteiger partial charge in [-0.05, 0) is 19.3 Å². The number of ether oxygens (including phenoxy) is 1. The van der Waals surface area contributed by atoms with Crippen molar-refractivity contribution >= 4 is 11.8 Å². The fourth-order valence-electron chi connectivity index (χ4n) is 2.39. The molecule has 1 N–H and O–H groups in total. The predicted molar refractivity (Wildman–Crippen MR) is 70.2 cm³/mol. The lowest BCUT2D eigenvalue weighted by Gasteiger charge is -2.27. The van der Waals surface area contributed by atoms with E-state index in [1.165, 1.54) is 37.6 Å². The van der Waals surface area contributed by atoms with Crippen LogP contribution in [0.2, 0.25) is 0 Å². The third-order valence-corrected chi connectivity index (χ3v) is 4.61. The summed E-state index contributed by atoms with van der Waals surface area (Å²) in [7, 11) is 0. The Labute approximate surface area is 103 Å². The number of nitrogens with zero attached hydrogens (tertiary/aromatic N) is 1. The molecule has 2 saturated heterocycles. The van der Waals surface area contributed by atoms with Crippen molar-refractivity contribution in [2.24, 2.45) is 5.92 Å². The van der Waals surface area contributed by atoms with E-state index in [1.807, 2.05) is 0 Å². The number of hydrogen-bond acceptors (Lipinski definition) is 4. The average molecular weight is 244 g/mol. The molecule has 16 heavy (non-hydrogen) atoms. The molecule has 2 heterocycles. The maximum Gasteiger partial charge on any atom is 0.0509 e. The lowest BCUT2D eigenvalue weighted by Crippen LogP contribution is -2.42. The maximum absolute atomic E-state index is 5.42. The van der Waals surface area contributed by atoms with E-state index in [0.29, 0.717) is 6.04 Å². The Morgan fingerprint density at radius 3 is 2.94 bits per heavy atom. The third-order valence-electron chi connectivity index (χ3n) is 3.67. The first-order chi connectivity index (χ1) is 7.86. The molecule has 0 aromatic carbocycles. The highest BCUT2D eigenvalue weighted by Gasteiger charge is 2.21. The molecule has 0 aliphatic carbocycles. The van der Waals surface area contributed by atoms with Crippen molar-refractivity contribution in [2.75, 3.05) is 50.9 Å². The molecule has 2 atom stereocenters. The van der Waals surface area contributed by atoms with E-state index in [2.05, 4.69) is 28.9 Å². The van der Waals surface area contributed by atoms with Gasteiger partial charge in [0, 0.05) is 50.3 Å². The fourth-order valence-corrected chi connectivity index (χ4v) is 3.37. The molecule has 3 nitrogen and oxygen atoms in total. The van der Waals surface area contributed by atoms with E-state index in [-0.39, 0.29) is 0 Å². The molecule has 4 heteroatoms. The minimum Gasteiger partial charge on any atom is -0.381 e. The van der Waals surface area contributed by atoms with Gasteiger partial charge in [-0.3, -0.25) is 0 Å². The van der Waals surface area contributed by atoms with Crippen molar-refractivity contribution in [1.82, 2.24) is 10.2 Å². The van der Waals surface area contributed by atoms with Crippen molar-refractivity contribution in [1.29, 1.82) is 0 Å². The Bertz CT molecular complexity index is 191. The van der Waals surface area contributed by atoms with Crippen LogP contribution in [0.4, 0.5) is 0 Å². The van der Waals surface area contributed by atoms with Gasteiger partial charge in [-0.15, -0.1) is 0 Å². The van der Waals surface area contributed by atoms with Crippen molar-refractivity contribution in [3.05, 3.63) is 0 Å². The van der Waals surface area contributed by atoms with Gasteiger partial charge in [0.25, 0.3) is 0 Å². The largest absolute Gasteiger partial charge is 0.381 e. The van der Waals surface area contributed by atoms with Crippen LogP contribution < -0.4 is 5.32 Å². The highest BCUT2D eigenvalue weighted by Crippen LogP contribution is 2.16. The average Bonchev–Trinajstić information content (AvgIpc) is 2.84. The molecule has 94 valence electrons. The lowest BCUT2D eigenvalue weighted by atomic mass is 10.0. The lowest BCUT2D eigenvalue weighted by molar-refractivity contribution is 0.177. The van der Waals surface area contributed by atoms with Crippen molar-refractivity contribution in [2.45, 2.75) is 19.4 Å². The summed E-state index contributed by atoms with van der Waals surface area (Å²) in [5.74, 6) is 3.36. The Balaban J connectivity index is 1.56. The summed E-state index contributed by atoms with van der Waals surface area (Å²) >= 11 is 2.08. The van der Waals surface area contributed by atoms with Gasteiger partial charge < -0.3 is 15.0 Å². The molecule has 0 bridgehead atoms. The second-order valence-electron chi connectivity index (χ2n) is 4.82. The van der Waals surface area contributed by atoms with E-state index >= 15 is 0 Å². The topological polar surface area (TPSA) is 24.5 Å². The van der Waals surface area contributed by atoms with Crippen LogP contribution in [0.5, 0.6) is 0 Å². The first-order valence-electron chi connectivity index (χ1n) is 6.47. The summed E-state index contributed by atoms with van der Waals surface area (Å²) < 4.78 is 5.42. The molecule has 0 amide bonds. The molecule has 2 aliphatic rings. The molecule has 0 aromatic heterocycles. The summed E-state index contributed by atoms with van der Waals surface area (Å²) in [4.78, 5) is 2.57. The Morgan fingerprint density at radius 1 is 1.44 bits per heavy atom. The Morgan fingerprint density at radius 2 is 2.25 bits per heavy atom. The van der Waals surface area contributed by atoms with E-state index in [4.69, 9.17) is 4.74 Å². The minimum atomic E-state index is 0.613. The van der Waals surface area contributed by atoms with Gasteiger partial charge in [0.05, 0.1) is 6.61 Å². The molecular formula is C12H24N2OS. The van der Waals surface area contributed by atoms with Crippen LogP contribution in [0.3, 0.4) is 0 Å². The number of thioether (sulfide) groups is 1.